The molecule has 166 valence electrons. The van der Waals surface area contributed by atoms with Crippen molar-refractivity contribution in [3.05, 3.63) is 53.6 Å². The second kappa shape index (κ2) is 10.8. The minimum atomic E-state index is -0.361. The summed E-state index contributed by atoms with van der Waals surface area (Å²) in [4.78, 5) is 29.4. The molecule has 3 rings (SSSR count). The zero-order chi connectivity index (χ0) is 22.2. The third kappa shape index (κ3) is 6.70. The Morgan fingerprint density at radius 2 is 1.65 bits per heavy atom. The molecule has 31 heavy (non-hydrogen) atoms. The topological polar surface area (TPSA) is 85.9 Å². The molecule has 0 saturated carbocycles. The highest BCUT2D eigenvalue weighted by Gasteiger charge is 2.16. The SMILES string of the molecule is Cc1ccc(NC(=O)Nc2ccc(N(C)C)c(C(=O)NCCN3CCOCC3)c2)cc1. The lowest BCUT2D eigenvalue weighted by molar-refractivity contribution is 0.0383. The number of ether oxygens (including phenoxy) is 1. The molecule has 1 fully saturated rings. The molecule has 0 aliphatic carbocycles. The van der Waals surface area contributed by atoms with Crippen LogP contribution in [-0.2, 0) is 4.74 Å². The van der Waals surface area contributed by atoms with Crippen LogP contribution in [0.2, 0.25) is 0 Å². The number of hydrogen-bond donors (Lipinski definition) is 3. The van der Waals surface area contributed by atoms with Crippen LogP contribution in [0.15, 0.2) is 42.5 Å². The summed E-state index contributed by atoms with van der Waals surface area (Å²) < 4.78 is 5.35. The summed E-state index contributed by atoms with van der Waals surface area (Å²) in [5, 5.41) is 8.59. The molecule has 0 unspecified atom stereocenters. The van der Waals surface area contributed by atoms with Crippen LogP contribution in [0.5, 0.6) is 0 Å². The Labute approximate surface area is 183 Å². The first kappa shape index (κ1) is 22.6. The van der Waals surface area contributed by atoms with E-state index in [1.54, 1.807) is 12.1 Å². The quantitative estimate of drug-likeness (QED) is 0.635. The van der Waals surface area contributed by atoms with Gasteiger partial charge >= 0.3 is 6.03 Å². The van der Waals surface area contributed by atoms with Gasteiger partial charge in [0.1, 0.15) is 0 Å². The predicted octanol–water partition coefficient (Wildman–Crippen LogP) is 2.77. The van der Waals surface area contributed by atoms with Gasteiger partial charge < -0.3 is 25.6 Å². The molecule has 0 atom stereocenters. The third-order valence-electron chi connectivity index (χ3n) is 5.11. The van der Waals surface area contributed by atoms with Crippen LogP contribution in [0, 0.1) is 6.92 Å². The zero-order valence-electron chi connectivity index (χ0n) is 18.4. The van der Waals surface area contributed by atoms with Crippen LogP contribution in [-0.4, -0.2) is 70.3 Å². The maximum atomic E-state index is 12.9. The van der Waals surface area contributed by atoms with Gasteiger partial charge in [-0.25, -0.2) is 4.79 Å². The van der Waals surface area contributed by atoms with Crippen molar-refractivity contribution >= 4 is 29.0 Å². The number of nitrogens with zero attached hydrogens (tertiary/aromatic N) is 2. The fraction of sp³-hybridized carbons (Fsp3) is 0.391. The van der Waals surface area contributed by atoms with E-state index >= 15 is 0 Å². The van der Waals surface area contributed by atoms with Crippen LogP contribution >= 0.6 is 0 Å². The molecule has 2 aromatic rings. The predicted molar refractivity (Wildman–Crippen MR) is 124 cm³/mol. The fourth-order valence-corrected chi connectivity index (χ4v) is 3.36. The van der Waals surface area contributed by atoms with Crippen molar-refractivity contribution in [1.29, 1.82) is 0 Å². The normalized spacial score (nSPS) is 14.0. The van der Waals surface area contributed by atoms with Crippen molar-refractivity contribution in [3.63, 3.8) is 0 Å². The van der Waals surface area contributed by atoms with E-state index in [2.05, 4.69) is 20.9 Å². The molecular formula is C23H31N5O3. The molecule has 1 saturated heterocycles. The van der Waals surface area contributed by atoms with Gasteiger partial charge in [0, 0.05) is 57.3 Å². The van der Waals surface area contributed by atoms with E-state index in [4.69, 9.17) is 4.74 Å². The fourth-order valence-electron chi connectivity index (χ4n) is 3.36. The van der Waals surface area contributed by atoms with Crippen LogP contribution in [0.3, 0.4) is 0 Å². The Bertz CT molecular complexity index is 893. The van der Waals surface area contributed by atoms with E-state index < -0.39 is 0 Å². The highest BCUT2D eigenvalue weighted by molar-refractivity contribution is 6.03. The highest BCUT2D eigenvalue weighted by Crippen LogP contribution is 2.23. The van der Waals surface area contributed by atoms with Gasteiger partial charge in [-0.05, 0) is 37.3 Å². The molecule has 3 amide bonds. The zero-order valence-corrected chi connectivity index (χ0v) is 18.4. The van der Waals surface area contributed by atoms with Crippen molar-refractivity contribution in [2.24, 2.45) is 0 Å². The first-order valence-electron chi connectivity index (χ1n) is 10.5. The minimum absolute atomic E-state index is 0.167. The van der Waals surface area contributed by atoms with Crippen molar-refractivity contribution in [3.8, 4) is 0 Å². The van der Waals surface area contributed by atoms with Gasteiger partial charge in [-0.3, -0.25) is 9.69 Å². The molecule has 1 aliphatic rings. The average molecular weight is 426 g/mol. The summed E-state index contributed by atoms with van der Waals surface area (Å²) in [5.74, 6) is -0.167. The van der Waals surface area contributed by atoms with Gasteiger partial charge in [-0.1, -0.05) is 17.7 Å². The lowest BCUT2D eigenvalue weighted by Gasteiger charge is -2.26. The first-order chi connectivity index (χ1) is 14.9. The summed E-state index contributed by atoms with van der Waals surface area (Å²) in [5.41, 5.74) is 3.67. The molecule has 0 aromatic heterocycles. The summed E-state index contributed by atoms with van der Waals surface area (Å²) in [6.07, 6.45) is 0. The van der Waals surface area contributed by atoms with E-state index in [0.717, 1.165) is 44.1 Å². The molecule has 3 N–H and O–H groups in total. The smallest absolute Gasteiger partial charge is 0.323 e. The van der Waals surface area contributed by atoms with E-state index in [1.165, 1.54) is 0 Å². The molecule has 8 nitrogen and oxygen atoms in total. The number of aryl methyl sites for hydroxylation is 1. The summed E-state index contributed by atoms with van der Waals surface area (Å²) in [6, 6.07) is 12.5. The van der Waals surface area contributed by atoms with Crippen LogP contribution in [0.4, 0.5) is 21.9 Å². The van der Waals surface area contributed by atoms with Gasteiger partial charge in [0.15, 0.2) is 0 Å². The molecule has 0 radical (unpaired) electrons. The van der Waals surface area contributed by atoms with E-state index in [9.17, 15) is 9.59 Å². The van der Waals surface area contributed by atoms with Gasteiger partial charge in [-0.15, -0.1) is 0 Å². The van der Waals surface area contributed by atoms with Gasteiger partial charge in [0.05, 0.1) is 18.8 Å². The number of morpholine rings is 1. The van der Waals surface area contributed by atoms with Gasteiger partial charge in [0.2, 0.25) is 0 Å². The number of rotatable bonds is 7. The highest BCUT2D eigenvalue weighted by atomic mass is 16.5. The van der Waals surface area contributed by atoms with E-state index in [1.807, 2.05) is 56.3 Å². The summed E-state index contributed by atoms with van der Waals surface area (Å²) in [6.45, 7) is 6.56. The molecule has 1 heterocycles. The average Bonchev–Trinajstić information content (AvgIpc) is 2.76. The maximum Gasteiger partial charge on any atom is 0.323 e. The second-order valence-corrected chi connectivity index (χ2v) is 7.78. The number of carbonyl (C=O) groups is 2. The number of anilines is 3. The lowest BCUT2D eigenvalue weighted by Crippen LogP contribution is -2.41. The molecule has 1 aliphatic heterocycles. The monoisotopic (exact) mass is 425 g/mol. The Kier molecular flexibility index (Phi) is 7.86. The van der Waals surface area contributed by atoms with Crippen molar-refractivity contribution in [1.82, 2.24) is 10.2 Å². The Hall–Kier alpha value is -3.10. The minimum Gasteiger partial charge on any atom is -0.379 e. The number of benzene rings is 2. The van der Waals surface area contributed by atoms with E-state index in [-0.39, 0.29) is 11.9 Å². The third-order valence-corrected chi connectivity index (χ3v) is 5.11. The molecular weight excluding hydrogens is 394 g/mol. The van der Waals surface area contributed by atoms with E-state index in [0.29, 0.717) is 23.5 Å². The Morgan fingerprint density at radius 3 is 2.32 bits per heavy atom. The van der Waals surface area contributed by atoms with Crippen molar-refractivity contribution in [2.45, 2.75) is 6.92 Å². The molecule has 0 bridgehead atoms. The molecule has 2 aromatic carbocycles. The number of nitrogens with one attached hydrogen (secondary N) is 3. The summed E-state index contributed by atoms with van der Waals surface area (Å²) in [7, 11) is 3.77. The largest absolute Gasteiger partial charge is 0.379 e. The first-order valence-corrected chi connectivity index (χ1v) is 10.5. The maximum absolute atomic E-state index is 12.9. The van der Waals surface area contributed by atoms with Gasteiger partial charge in [0.25, 0.3) is 5.91 Å². The molecule has 0 spiro atoms. The number of urea groups is 1. The molecule has 8 heteroatoms. The number of hydrogen-bond acceptors (Lipinski definition) is 5. The van der Waals surface area contributed by atoms with Crippen molar-refractivity contribution in [2.75, 3.05) is 69.0 Å². The van der Waals surface area contributed by atoms with Crippen LogP contribution in [0.1, 0.15) is 15.9 Å². The van der Waals surface area contributed by atoms with Gasteiger partial charge in [-0.2, -0.15) is 0 Å². The van der Waals surface area contributed by atoms with Crippen LogP contribution in [0.25, 0.3) is 0 Å². The second-order valence-electron chi connectivity index (χ2n) is 7.78. The lowest BCUT2D eigenvalue weighted by atomic mass is 10.1. The van der Waals surface area contributed by atoms with Crippen molar-refractivity contribution < 1.29 is 14.3 Å². The number of amides is 3. The van der Waals surface area contributed by atoms with Crippen LogP contribution < -0.4 is 20.9 Å². The summed E-state index contributed by atoms with van der Waals surface area (Å²) >= 11 is 0. The Morgan fingerprint density at radius 1 is 1.00 bits per heavy atom. The number of carbonyl (C=O) groups excluding carboxylic acids is 2. The standard InChI is InChI=1S/C23H31N5O3/c1-17-4-6-18(7-5-17)25-23(30)26-19-8-9-21(27(2)3)20(16-19)22(29)24-10-11-28-12-14-31-15-13-28/h4-9,16H,10-15H2,1-3H3,(H,24,29)(H2,25,26,30). The Balaban J connectivity index is 1.62.